The molecule has 27 heavy (non-hydrogen) atoms. The molecule has 142 valence electrons. The number of nitrogens with one attached hydrogen (secondary N) is 2. The van der Waals surface area contributed by atoms with Gasteiger partial charge in [0.1, 0.15) is 10.6 Å². The molecule has 0 saturated heterocycles. The number of fused-ring (bicyclic) bond motifs is 1. The van der Waals surface area contributed by atoms with Crippen LogP contribution in [0, 0.1) is 6.92 Å². The summed E-state index contributed by atoms with van der Waals surface area (Å²) in [5, 5.41) is 5.83. The van der Waals surface area contributed by atoms with Crippen molar-refractivity contribution in [3.8, 4) is 5.75 Å². The number of rotatable bonds is 3. The highest BCUT2D eigenvalue weighted by molar-refractivity contribution is 7.17. The maximum absolute atomic E-state index is 12.7. The summed E-state index contributed by atoms with van der Waals surface area (Å²) in [7, 11) is 3.26. The lowest BCUT2D eigenvalue weighted by atomic mass is 10.0. The number of halogens is 1. The van der Waals surface area contributed by atoms with E-state index in [2.05, 4.69) is 15.6 Å². The van der Waals surface area contributed by atoms with E-state index in [1.165, 1.54) is 17.9 Å². The number of aromatic nitrogens is 1. The Kier molecular flexibility index (Phi) is 4.83. The Morgan fingerprint density at radius 2 is 2.07 bits per heavy atom. The summed E-state index contributed by atoms with van der Waals surface area (Å²) in [5.41, 5.74) is -0.915. The monoisotopic (exact) mass is 408 g/mol. The van der Waals surface area contributed by atoms with Gasteiger partial charge in [0.2, 0.25) is 0 Å². The van der Waals surface area contributed by atoms with Gasteiger partial charge in [-0.15, -0.1) is 0 Å². The molecule has 1 unspecified atom stereocenters. The van der Waals surface area contributed by atoms with E-state index in [4.69, 9.17) is 16.3 Å². The van der Waals surface area contributed by atoms with Crippen LogP contribution in [-0.4, -0.2) is 47.3 Å². The fourth-order valence-corrected chi connectivity index (χ4v) is 3.57. The number of nitrogens with zero attached hydrogens (tertiary/aromatic N) is 2. The molecule has 3 rings (SSSR count). The number of benzene rings is 1. The SMILES string of the molecule is Cc1nc(NC(=O)C2(C)Oc3ccc(Cl)cc3NC2=O)sc1C(=O)N(C)C. The minimum atomic E-state index is -1.80. The lowest BCUT2D eigenvalue weighted by Crippen LogP contribution is -2.56. The number of amides is 3. The summed E-state index contributed by atoms with van der Waals surface area (Å²) in [5.74, 6) is -1.21. The Bertz CT molecular complexity index is 958. The Morgan fingerprint density at radius 3 is 2.74 bits per heavy atom. The molecule has 1 aliphatic rings. The topological polar surface area (TPSA) is 101 Å². The van der Waals surface area contributed by atoms with E-state index in [-0.39, 0.29) is 11.0 Å². The van der Waals surface area contributed by atoms with Crippen LogP contribution in [0.25, 0.3) is 0 Å². The molecule has 1 aliphatic heterocycles. The summed E-state index contributed by atoms with van der Waals surface area (Å²) in [4.78, 5) is 43.4. The van der Waals surface area contributed by atoms with Crippen molar-refractivity contribution in [2.24, 2.45) is 0 Å². The Balaban J connectivity index is 1.84. The third kappa shape index (κ3) is 3.47. The van der Waals surface area contributed by atoms with Gasteiger partial charge in [-0.2, -0.15) is 0 Å². The van der Waals surface area contributed by atoms with Crippen molar-refractivity contribution in [3.63, 3.8) is 0 Å². The van der Waals surface area contributed by atoms with E-state index >= 15 is 0 Å². The Labute approximate surface area is 164 Å². The second-order valence-electron chi connectivity index (χ2n) is 6.32. The molecular weight excluding hydrogens is 392 g/mol. The maximum Gasteiger partial charge on any atom is 0.280 e. The van der Waals surface area contributed by atoms with Crippen molar-refractivity contribution in [3.05, 3.63) is 33.8 Å². The van der Waals surface area contributed by atoms with Crippen molar-refractivity contribution in [2.75, 3.05) is 24.7 Å². The molecule has 0 spiro atoms. The first-order valence-electron chi connectivity index (χ1n) is 7.92. The Morgan fingerprint density at radius 1 is 1.37 bits per heavy atom. The number of anilines is 2. The first-order chi connectivity index (χ1) is 12.6. The molecule has 8 nitrogen and oxygen atoms in total. The van der Waals surface area contributed by atoms with Crippen molar-refractivity contribution >= 4 is 51.5 Å². The van der Waals surface area contributed by atoms with Crippen molar-refractivity contribution in [1.82, 2.24) is 9.88 Å². The molecule has 1 atom stereocenters. The van der Waals surface area contributed by atoms with E-state index in [9.17, 15) is 14.4 Å². The number of carbonyl (C=O) groups excluding carboxylic acids is 3. The van der Waals surface area contributed by atoms with Gasteiger partial charge >= 0.3 is 0 Å². The summed E-state index contributed by atoms with van der Waals surface area (Å²) < 4.78 is 5.66. The van der Waals surface area contributed by atoms with Crippen molar-refractivity contribution in [2.45, 2.75) is 19.4 Å². The van der Waals surface area contributed by atoms with Gasteiger partial charge in [-0.1, -0.05) is 22.9 Å². The largest absolute Gasteiger partial charge is 0.466 e. The zero-order valence-electron chi connectivity index (χ0n) is 15.0. The fraction of sp³-hybridized carbons (Fsp3) is 0.294. The average Bonchev–Trinajstić information content (AvgIpc) is 2.95. The standard InChI is InChI=1S/C17H17ClN4O4S/c1-8-12(13(23)22(3)4)27-16(19-8)21-15(25)17(2)14(24)20-10-7-9(18)5-6-11(10)26-17/h5-7H,1-4H3,(H,20,24)(H,19,21,25). The van der Waals surface area contributed by atoms with Crippen LogP contribution in [-0.2, 0) is 9.59 Å². The van der Waals surface area contributed by atoms with Crippen LogP contribution in [0.15, 0.2) is 18.2 Å². The second kappa shape index (κ2) is 6.82. The predicted molar refractivity (Wildman–Crippen MR) is 103 cm³/mol. The number of thiazole rings is 1. The molecule has 0 fully saturated rings. The highest BCUT2D eigenvalue weighted by atomic mass is 35.5. The molecule has 1 aromatic carbocycles. The number of hydrogen-bond acceptors (Lipinski definition) is 6. The van der Waals surface area contributed by atoms with E-state index < -0.39 is 17.4 Å². The highest BCUT2D eigenvalue weighted by Gasteiger charge is 2.47. The highest BCUT2D eigenvalue weighted by Crippen LogP contribution is 2.36. The molecule has 2 aromatic rings. The summed E-state index contributed by atoms with van der Waals surface area (Å²) >= 11 is 6.94. The molecule has 0 saturated carbocycles. The summed E-state index contributed by atoms with van der Waals surface area (Å²) in [6, 6.07) is 4.71. The molecule has 2 N–H and O–H groups in total. The Hall–Kier alpha value is -2.65. The van der Waals surface area contributed by atoms with E-state index in [0.29, 0.717) is 27.0 Å². The average molecular weight is 409 g/mol. The summed E-state index contributed by atoms with van der Waals surface area (Å²) in [6.45, 7) is 3.04. The fourth-order valence-electron chi connectivity index (χ4n) is 2.41. The smallest absolute Gasteiger partial charge is 0.280 e. The molecule has 0 aliphatic carbocycles. The zero-order valence-corrected chi connectivity index (χ0v) is 16.6. The number of hydrogen-bond donors (Lipinski definition) is 2. The molecule has 3 amide bonds. The van der Waals surface area contributed by atoms with Crippen LogP contribution in [0.1, 0.15) is 22.3 Å². The number of carbonyl (C=O) groups is 3. The quantitative estimate of drug-likeness (QED) is 0.760. The van der Waals surface area contributed by atoms with Gasteiger partial charge in [-0.25, -0.2) is 4.98 Å². The van der Waals surface area contributed by atoms with Crippen molar-refractivity contribution < 1.29 is 19.1 Å². The van der Waals surface area contributed by atoms with Gasteiger partial charge in [-0.3, -0.25) is 19.7 Å². The van der Waals surface area contributed by atoms with Crippen LogP contribution >= 0.6 is 22.9 Å². The van der Waals surface area contributed by atoms with Gasteiger partial charge in [0.05, 0.1) is 11.4 Å². The lowest BCUT2D eigenvalue weighted by molar-refractivity contribution is -0.143. The minimum absolute atomic E-state index is 0.210. The molecule has 0 bridgehead atoms. The molecule has 10 heteroatoms. The van der Waals surface area contributed by atoms with Crippen LogP contribution in [0.3, 0.4) is 0 Å². The predicted octanol–water partition coefficient (Wildman–Crippen LogP) is 2.54. The van der Waals surface area contributed by atoms with Crippen molar-refractivity contribution in [1.29, 1.82) is 0 Å². The first-order valence-corrected chi connectivity index (χ1v) is 9.12. The van der Waals surface area contributed by atoms with Crippen LogP contribution in [0.5, 0.6) is 5.75 Å². The van der Waals surface area contributed by atoms with Gasteiger partial charge in [0, 0.05) is 19.1 Å². The van der Waals surface area contributed by atoms with Gasteiger partial charge in [-0.05, 0) is 32.0 Å². The number of aryl methyl sites for hydroxylation is 1. The van der Waals surface area contributed by atoms with Gasteiger partial charge in [0.25, 0.3) is 23.3 Å². The summed E-state index contributed by atoms with van der Waals surface area (Å²) in [6.07, 6.45) is 0. The maximum atomic E-state index is 12.7. The molecule has 1 aromatic heterocycles. The number of ether oxygens (including phenoxy) is 1. The second-order valence-corrected chi connectivity index (χ2v) is 7.75. The lowest BCUT2D eigenvalue weighted by Gasteiger charge is -2.33. The van der Waals surface area contributed by atoms with Crippen LogP contribution in [0.4, 0.5) is 10.8 Å². The van der Waals surface area contributed by atoms with Gasteiger partial charge in [0.15, 0.2) is 5.13 Å². The molecule has 2 heterocycles. The molecule has 0 radical (unpaired) electrons. The first kappa shape index (κ1) is 19.1. The van der Waals surface area contributed by atoms with E-state index in [0.717, 1.165) is 11.3 Å². The molecular formula is C17H17ClN4O4S. The van der Waals surface area contributed by atoms with Crippen LogP contribution in [0.2, 0.25) is 5.02 Å². The normalized spacial score (nSPS) is 18.2. The van der Waals surface area contributed by atoms with E-state index in [1.54, 1.807) is 33.2 Å². The third-order valence-corrected chi connectivity index (χ3v) is 5.28. The zero-order chi connectivity index (χ0) is 19.9. The third-order valence-electron chi connectivity index (χ3n) is 3.99. The minimum Gasteiger partial charge on any atom is -0.466 e. The van der Waals surface area contributed by atoms with E-state index in [1.807, 2.05) is 0 Å². The van der Waals surface area contributed by atoms with Gasteiger partial charge < -0.3 is 15.0 Å². The van der Waals surface area contributed by atoms with Crippen LogP contribution < -0.4 is 15.4 Å².